The second-order valence-corrected chi connectivity index (χ2v) is 10.4. The van der Waals surface area contributed by atoms with Crippen molar-refractivity contribution in [2.75, 3.05) is 24.0 Å². The quantitative estimate of drug-likeness (QED) is 0.731. The van der Waals surface area contributed by atoms with Crippen molar-refractivity contribution < 1.29 is 26.3 Å². The maximum absolute atomic E-state index is 12.4. The molecule has 2 aliphatic rings. The van der Waals surface area contributed by atoms with Crippen molar-refractivity contribution in [2.45, 2.75) is 6.04 Å². The summed E-state index contributed by atoms with van der Waals surface area (Å²) in [4.78, 5) is 0. The average Bonchev–Trinajstić information content (AvgIpc) is 3.26. The molecular formula is C18H19N3O6S2. The molecule has 0 aliphatic carbocycles. The summed E-state index contributed by atoms with van der Waals surface area (Å²) in [6.45, 7) is 0.124. The van der Waals surface area contributed by atoms with E-state index in [-0.39, 0.29) is 6.79 Å². The van der Waals surface area contributed by atoms with Gasteiger partial charge in [-0.05, 0) is 35.9 Å². The summed E-state index contributed by atoms with van der Waals surface area (Å²) in [7, 11) is -7.04. The van der Waals surface area contributed by atoms with Gasteiger partial charge < -0.3 is 14.9 Å². The first-order chi connectivity index (χ1) is 13.6. The van der Waals surface area contributed by atoms with E-state index in [1.54, 1.807) is 48.5 Å². The van der Waals surface area contributed by atoms with E-state index in [1.807, 2.05) is 0 Å². The Bertz CT molecular complexity index is 1210. The number of nitrogens with zero attached hydrogens (tertiary/aromatic N) is 1. The Labute approximate surface area is 169 Å². The molecule has 4 rings (SSSR count). The van der Waals surface area contributed by atoms with Crippen LogP contribution in [-0.2, 0) is 20.0 Å². The molecular weight excluding hydrogens is 418 g/mol. The van der Waals surface area contributed by atoms with Crippen LogP contribution in [0.4, 0.5) is 5.69 Å². The fourth-order valence-electron chi connectivity index (χ4n) is 3.19. The van der Waals surface area contributed by atoms with Gasteiger partial charge in [-0.3, -0.25) is 4.72 Å². The van der Waals surface area contributed by atoms with E-state index in [0.29, 0.717) is 34.0 Å². The molecule has 2 heterocycles. The molecule has 0 aromatic heterocycles. The van der Waals surface area contributed by atoms with Gasteiger partial charge in [0.2, 0.25) is 26.8 Å². The van der Waals surface area contributed by atoms with E-state index < -0.39 is 26.1 Å². The number of hydrogen-bond donors (Lipinski definition) is 2. The number of benzene rings is 2. The minimum absolute atomic E-state index is 0.124. The summed E-state index contributed by atoms with van der Waals surface area (Å²) >= 11 is 0. The zero-order valence-corrected chi connectivity index (χ0v) is 17.2. The molecule has 2 N–H and O–H groups in total. The van der Waals surface area contributed by atoms with E-state index in [1.165, 1.54) is 0 Å². The van der Waals surface area contributed by atoms with Crippen LogP contribution in [0, 0.1) is 0 Å². The summed E-state index contributed by atoms with van der Waals surface area (Å²) in [6, 6.07) is 11.3. The Morgan fingerprint density at radius 1 is 1.03 bits per heavy atom. The molecule has 154 valence electrons. The second-order valence-electron chi connectivity index (χ2n) is 6.76. The van der Waals surface area contributed by atoms with Gasteiger partial charge in [-0.2, -0.15) is 0 Å². The Morgan fingerprint density at radius 2 is 1.79 bits per heavy atom. The smallest absolute Gasteiger partial charge is 0.231 e. The molecule has 0 unspecified atom stereocenters. The van der Waals surface area contributed by atoms with Crippen molar-refractivity contribution in [3.05, 3.63) is 59.7 Å². The first-order valence-corrected chi connectivity index (χ1v) is 12.3. The highest BCUT2D eigenvalue weighted by molar-refractivity contribution is 7.92. The van der Waals surface area contributed by atoms with E-state index in [4.69, 9.17) is 9.47 Å². The number of hydrazine groups is 1. The average molecular weight is 437 g/mol. The van der Waals surface area contributed by atoms with Crippen LogP contribution in [-0.4, -0.2) is 40.6 Å². The third-order valence-electron chi connectivity index (χ3n) is 4.38. The molecule has 29 heavy (non-hydrogen) atoms. The molecule has 9 nitrogen and oxygen atoms in total. The minimum Gasteiger partial charge on any atom is -0.454 e. The highest BCUT2D eigenvalue weighted by atomic mass is 32.2. The number of rotatable bonds is 5. The van der Waals surface area contributed by atoms with Gasteiger partial charge >= 0.3 is 0 Å². The lowest BCUT2D eigenvalue weighted by molar-refractivity contribution is 0.174. The third kappa shape index (κ3) is 4.16. The summed E-state index contributed by atoms with van der Waals surface area (Å²) in [6.07, 6.45) is 3.93. The second kappa shape index (κ2) is 6.94. The maximum Gasteiger partial charge on any atom is 0.231 e. The molecule has 0 saturated heterocycles. The van der Waals surface area contributed by atoms with E-state index >= 15 is 0 Å². The maximum atomic E-state index is 12.4. The Hall–Kier alpha value is -2.76. The summed E-state index contributed by atoms with van der Waals surface area (Å²) in [5.41, 5.74) is 5.16. The molecule has 0 saturated carbocycles. The van der Waals surface area contributed by atoms with Crippen LogP contribution in [0.25, 0.3) is 5.70 Å². The topological polar surface area (TPSA) is 114 Å². The summed E-state index contributed by atoms with van der Waals surface area (Å²) in [5, 5.41) is 0. The third-order valence-corrected chi connectivity index (χ3v) is 6.02. The number of nitrogens with one attached hydrogen (secondary N) is 2. The highest BCUT2D eigenvalue weighted by Crippen LogP contribution is 2.39. The lowest BCUT2D eigenvalue weighted by Crippen LogP contribution is -2.38. The van der Waals surface area contributed by atoms with Crippen LogP contribution in [0.15, 0.2) is 48.5 Å². The molecule has 2 aromatic carbocycles. The van der Waals surface area contributed by atoms with Crippen LogP contribution in [0.1, 0.15) is 17.2 Å². The fourth-order valence-corrected chi connectivity index (χ4v) is 4.61. The highest BCUT2D eigenvalue weighted by Gasteiger charge is 2.34. The van der Waals surface area contributed by atoms with Gasteiger partial charge in [0.1, 0.15) is 0 Å². The number of anilines is 1. The van der Waals surface area contributed by atoms with Gasteiger partial charge in [-0.25, -0.2) is 16.8 Å². The van der Waals surface area contributed by atoms with Crippen molar-refractivity contribution in [2.24, 2.45) is 0 Å². The lowest BCUT2D eigenvalue weighted by atomic mass is 10.0. The number of fused-ring (bicyclic) bond motifs is 1. The summed E-state index contributed by atoms with van der Waals surface area (Å²) < 4.78 is 62.0. The van der Waals surface area contributed by atoms with E-state index in [2.05, 4.69) is 10.1 Å². The first-order valence-electron chi connectivity index (χ1n) is 8.56. The molecule has 2 aliphatic heterocycles. The molecule has 2 aromatic rings. The van der Waals surface area contributed by atoms with Crippen LogP contribution in [0.5, 0.6) is 11.5 Å². The molecule has 1 atom stereocenters. The number of sulfonamides is 2. The van der Waals surface area contributed by atoms with Crippen molar-refractivity contribution in [3.8, 4) is 11.5 Å². The molecule has 0 bridgehead atoms. The molecule has 0 spiro atoms. The van der Waals surface area contributed by atoms with Gasteiger partial charge in [-0.1, -0.05) is 18.2 Å². The first kappa shape index (κ1) is 19.6. The van der Waals surface area contributed by atoms with E-state index in [0.717, 1.165) is 16.9 Å². The van der Waals surface area contributed by atoms with Gasteiger partial charge in [0.25, 0.3) is 0 Å². The Morgan fingerprint density at radius 3 is 2.52 bits per heavy atom. The van der Waals surface area contributed by atoms with Crippen LogP contribution in [0.2, 0.25) is 0 Å². The molecule has 11 heteroatoms. The number of hydrogen-bond acceptors (Lipinski definition) is 7. The summed E-state index contributed by atoms with van der Waals surface area (Å²) in [5.74, 6) is 1.16. The Kier molecular flexibility index (Phi) is 4.68. The molecule has 0 radical (unpaired) electrons. The van der Waals surface area contributed by atoms with Crippen molar-refractivity contribution >= 4 is 31.4 Å². The minimum atomic E-state index is -3.61. The van der Waals surface area contributed by atoms with Crippen molar-refractivity contribution in [3.63, 3.8) is 0 Å². The van der Waals surface area contributed by atoms with Crippen LogP contribution in [0.3, 0.4) is 0 Å². The molecule has 0 amide bonds. The Balaban J connectivity index is 1.72. The zero-order chi connectivity index (χ0) is 20.8. The normalized spacial score (nSPS) is 19.0. The van der Waals surface area contributed by atoms with Crippen molar-refractivity contribution in [1.29, 1.82) is 0 Å². The van der Waals surface area contributed by atoms with Gasteiger partial charge in [0.05, 0.1) is 24.3 Å². The standard InChI is InChI=1S/C18H19N3O6S2/c1-28(22,23)20-14-5-3-4-12(8-14)15-10-16(21(19-15)29(2,24)25)13-6-7-17-18(9-13)27-11-26-17/h3-10,16,19-20H,11H2,1-2H3/t16-/m1/s1. The van der Waals surface area contributed by atoms with E-state index in [9.17, 15) is 16.8 Å². The fraction of sp³-hybridized carbons (Fsp3) is 0.222. The number of ether oxygens (including phenoxy) is 2. The largest absolute Gasteiger partial charge is 0.454 e. The molecule has 0 fully saturated rings. The van der Waals surface area contributed by atoms with Gasteiger partial charge in [0, 0.05) is 11.3 Å². The van der Waals surface area contributed by atoms with Crippen LogP contribution < -0.4 is 19.6 Å². The van der Waals surface area contributed by atoms with Gasteiger partial charge in [-0.15, -0.1) is 4.41 Å². The monoisotopic (exact) mass is 437 g/mol. The zero-order valence-electron chi connectivity index (χ0n) is 15.6. The predicted molar refractivity (Wildman–Crippen MR) is 108 cm³/mol. The van der Waals surface area contributed by atoms with Crippen LogP contribution >= 0.6 is 0 Å². The lowest BCUT2D eigenvalue weighted by Gasteiger charge is -2.23. The van der Waals surface area contributed by atoms with Gasteiger partial charge in [0.15, 0.2) is 11.5 Å². The SMILES string of the molecule is CS(=O)(=O)Nc1cccc(C2=C[C@H](c3ccc4c(c3)OCO4)N(S(C)(=O)=O)N2)c1. The predicted octanol–water partition coefficient (Wildman–Crippen LogP) is 1.65. The van der Waals surface area contributed by atoms with Crippen molar-refractivity contribution in [1.82, 2.24) is 9.84 Å².